The van der Waals surface area contributed by atoms with E-state index in [4.69, 9.17) is 5.73 Å². The monoisotopic (exact) mass is 310 g/mol. The van der Waals surface area contributed by atoms with E-state index in [2.05, 4.69) is 45.0 Å². The van der Waals surface area contributed by atoms with Crippen LogP contribution in [-0.4, -0.2) is 6.04 Å². The number of nitrogens with two attached hydrogens (primary N) is 1. The summed E-state index contributed by atoms with van der Waals surface area (Å²) < 4.78 is 1.04. The van der Waals surface area contributed by atoms with E-state index in [0.29, 0.717) is 6.04 Å². The Balaban J connectivity index is 2.02. The van der Waals surface area contributed by atoms with Crippen LogP contribution in [0.1, 0.15) is 12.5 Å². The molecule has 1 aromatic heterocycles. The van der Waals surface area contributed by atoms with Crippen molar-refractivity contribution < 1.29 is 0 Å². The number of benzene rings is 1. The highest BCUT2D eigenvalue weighted by atomic mass is 79.9. The van der Waals surface area contributed by atoms with Crippen LogP contribution in [0.5, 0.6) is 0 Å². The lowest BCUT2D eigenvalue weighted by atomic mass is 10.1. The molecule has 0 fully saturated rings. The lowest BCUT2D eigenvalue weighted by Gasteiger charge is -2.16. The highest BCUT2D eigenvalue weighted by Gasteiger charge is 2.06. The van der Waals surface area contributed by atoms with Gasteiger partial charge in [-0.1, -0.05) is 15.9 Å². The lowest BCUT2D eigenvalue weighted by molar-refractivity contribution is 0.793. The van der Waals surface area contributed by atoms with Crippen LogP contribution in [0, 0.1) is 0 Å². The predicted octanol–water partition coefficient (Wildman–Crippen LogP) is 4.14. The van der Waals surface area contributed by atoms with Crippen molar-refractivity contribution >= 4 is 38.6 Å². The Morgan fingerprint density at radius 3 is 2.94 bits per heavy atom. The standard InChI is InChI=1S/C13H15BrN2S/c1-9(6-10-4-5-17-8-10)16-13-7-11(14)2-3-12(13)15/h2-5,7-9,16H,6,15H2,1H3. The molecule has 2 nitrogen and oxygen atoms in total. The molecule has 0 saturated heterocycles. The summed E-state index contributed by atoms with van der Waals surface area (Å²) in [5.41, 5.74) is 9.07. The van der Waals surface area contributed by atoms with Crippen LogP contribution in [0.15, 0.2) is 39.5 Å². The van der Waals surface area contributed by atoms with Gasteiger partial charge in [-0.25, -0.2) is 0 Å². The molecule has 1 heterocycles. The van der Waals surface area contributed by atoms with Crippen molar-refractivity contribution in [2.75, 3.05) is 11.1 Å². The van der Waals surface area contributed by atoms with E-state index < -0.39 is 0 Å². The molecule has 1 atom stereocenters. The summed E-state index contributed by atoms with van der Waals surface area (Å²) in [4.78, 5) is 0. The number of hydrogen-bond donors (Lipinski definition) is 2. The van der Waals surface area contributed by atoms with Gasteiger partial charge in [-0.2, -0.15) is 11.3 Å². The number of thiophene rings is 1. The number of nitrogen functional groups attached to an aromatic ring is 1. The molecule has 0 aliphatic carbocycles. The first-order valence-electron chi connectivity index (χ1n) is 5.48. The Bertz CT molecular complexity index is 482. The minimum absolute atomic E-state index is 0.362. The molecule has 1 aromatic carbocycles. The molecular formula is C13H15BrN2S. The Labute approximate surface area is 114 Å². The molecule has 90 valence electrons. The van der Waals surface area contributed by atoms with Gasteiger partial charge in [0.15, 0.2) is 0 Å². The minimum Gasteiger partial charge on any atom is -0.397 e. The van der Waals surface area contributed by atoms with Crippen LogP contribution >= 0.6 is 27.3 Å². The largest absolute Gasteiger partial charge is 0.397 e. The van der Waals surface area contributed by atoms with E-state index in [1.807, 2.05) is 18.2 Å². The molecule has 2 aromatic rings. The number of rotatable bonds is 4. The number of nitrogens with one attached hydrogen (secondary N) is 1. The van der Waals surface area contributed by atoms with Gasteiger partial charge in [-0.15, -0.1) is 0 Å². The average Bonchev–Trinajstić information content (AvgIpc) is 2.76. The number of anilines is 2. The van der Waals surface area contributed by atoms with E-state index in [-0.39, 0.29) is 0 Å². The molecule has 4 heteroatoms. The van der Waals surface area contributed by atoms with Gasteiger partial charge in [0, 0.05) is 10.5 Å². The van der Waals surface area contributed by atoms with Crippen LogP contribution in [0.2, 0.25) is 0 Å². The van der Waals surface area contributed by atoms with Crippen molar-refractivity contribution in [2.45, 2.75) is 19.4 Å². The second-order valence-electron chi connectivity index (χ2n) is 4.11. The summed E-state index contributed by atoms with van der Waals surface area (Å²) in [6, 6.07) is 8.39. The molecule has 17 heavy (non-hydrogen) atoms. The molecule has 0 aliphatic heterocycles. The lowest BCUT2D eigenvalue weighted by Crippen LogP contribution is -2.18. The molecule has 0 bridgehead atoms. The van der Waals surface area contributed by atoms with E-state index in [1.165, 1.54) is 5.56 Å². The summed E-state index contributed by atoms with van der Waals surface area (Å²) in [5.74, 6) is 0. The third-order valence-electron chi connectivity index (χ3n) is 2.54. The minimum atomic E-state index is 0.362. The maximum absolute atomic E-state index is 5.93. The number of hydrogen-bond acceptors (Lipinski definition) is 3. The van der Waals surface area contributed by atoms with Gasteiger partial charge in [-0.05, 0) is 53.9 Å². The highest BCUT2D eigenvalue weighted by molar-refractivity contribution is 9.10. The van der Waals surface area contributed by atoms with Gasteiger partial charge in [0.05, 0.1) is 11.4 Å². The third-order valence-corrected chi connectivity index (χ3v) is 3.76. The normalized spacial score (nSPS) is 12.4. The summed E-state index contributed by atoms with van der Waals surface area (Å²) in [5, 5.41) is 7.73. The van der Waals surface area contributed by atoms with Gasteiger partial charge >= 0.3 is 0 Å². The molecule has 1 unspecified atom stereocenters. The van der Waals surface area contributed by atoms with Gasteiger partial charge in [0.1, 0.15) is 0 Å². The van der Waals surface area contributed by atoms with Crippen molar-refractivity contribution in [1.29, 1.82) is 0 Å². The van der Waals surface area contributed by atoms with Crippen molar-refractivity contribution in [1.82, 2.24) is 0 Å². The molecular weight excluding hydrogens is 296 g/mol. The van der Waals surface area contributed by atoms with E-state index in [0.717, 1.165) is 22.3 Å². The van der Waals surface area contributed by atoms with Gasteiger partial charge in [0.2, 0.25) is 0 Å². The average molecular weight is 311 g/mol. The second-order valence-corrected chi connectivity index (χ2v) is 5.81. The molecule has 0 amide bonds. The third kappa shape index (κ3) is 3.48. The molecule has 0 spiro atoms. The molecule has 0 radical (unpaired) electrons. The van der Waals surface area contributed by atoms with E-state index in [1.54, 1.807) is 11.3 Å². The zero-order valence-electron chi connectivity index (χ0n) is 9.61. The maximum atomic E-state index is 5.93. The SMILES string of the molecule is CC(Cc1ccsc1)Nc1cc(Br)ccc1N. The Morgan fingerprint density at radius 2 is 2.24 bits per heavy atom. The molecule has 2 rings (SSSR count). The first-order valence-corrected chi connectivity index (χ1v) is 7.21. The predicted molar refractivity (Wildman–Crippen MR) is 79.7 cm³/mol. The first kappa shape index (κ1) is 12.5. The van der Waals surface area contributed by atoms with Gasteiger partial charge in [-0.3, -0.25) is 0 Å². The quantitative estimate of drug-likeness (QED) is 0.833. The molecule has 0 saturated carbocycles. The fraction of sp³-hybridized carbons (Fsp3) is 0.231. The smallest absolute Gasteiger partial charge is 0.0587 e. The van der Waals surface area contributed by atoms with Gasteiger partial charge in [0.25, 0.3) is 0 Å². The fourth-order valence-corrected chi connectivity index (χ4v) is 2.77. The fourth-order valence-electron chi connectivity index (χ4n) is 1.73. The van der Waals surface area contributed by atoms with Crippen LogP contribution < -0.4 is 11.1 Å². The van der Waals surface area contributed by atoms with Crippen LogP contribution in [0.25, 0.3) is 0 Å². The summed E-state index contributed by atoms with van der Waals surface area (Å²) in [6.45, 7) is 2.16. The zero-order valence-corrected chi connectivity index (χ0v) is 12.0. The number of halogens is 1. The Hall–Kier alpha value is -1.00. The highest BCUT2D eigenvalue weighted by Crippen LogP contribution is 2.24. The topological polar surface area (TPSA) is 38.0 Å². The molecule has 3 N–H and O–H groups in total. The van der Waals surface area contributed by atoms with Crippen LogP contribution in [0.4, 0.5) is 11.4 Å². The van der Waals surface area contributed by atoms with E-state index in [9.17, 15) is 0 Å². The Morgan fingerprint density at radius 1 is 1.41 bits per heavy atom. The van der Waals surface area contributed by atoms with Crippen molar-refractivity contribution in [3.63, 3.8) is 0 Å². The first-order chi connectivity index (χ1) is 8.15. The van der Waals surface area contributed by atoms with Crippen molar-refractivity contribution in [3.05, 3.63) is 45.1 Å². The summed E-state index contributed by atoms with van der Waals surface area (Å²) in [6.07, 6.45) is 1.01. The van der Waals surface area contributed by atoms with Crippen LogP contribution in [0.3, 0.4) is 0 Å². The summed E-state index contributed by atoms with van der Waals surface area (Å²) >= 11 is 5.19. The van der Waals surface area contributed by atoms with Gasteiger partial charge < -0.3 is 11.1 Å². The Kier molecular flexibility index (Phi) is 4.07. The van der Waals surface area contributed by atoms with Crippen molar-refractivity contribution in [2.24, 2.45) is 0 Å². The van der Waals surface area contributed by atoms with E-state index >= 15 is 0 Å². The van der Waals surface area contributed by atoms with Crippen molar-refractivity contribution in [3.8, 4) is 0 Å². The maximum Gasteiger partial charge on any atom is 0.0587 e. The zero-order chi connectivity index (χ0) is 12.3. The summed E-state index contributed by atoms with van der Waals surface area (Å²) in [7, 11) is 0. The van der Waals surface area contributed by atoms with Crippen LogP contribution in [-0.2, 0) is 6.42 Å². The second kappa shape index (κ2) is 5.56. The molecule has 0 aliphatic rings.